The van der Waals surface area contributed by atoms with E-state index in [1.807, 2.05) is 0 Å². The minimum Gasteiger partial charge on any atom is -0.444 e. The van der Waals surface area contributed by atoms with Crippen molar-refractivity contribution in [3.05, 3.63) is 0 Å². The van der Waals surface area contributed by atoms with Crippen LogP contribution in [0.5, 0.6) is 0 Å². The van der Waals surface area contributed by atoms with Crippen LogP contribution in [0, 0.1) is 0 Å². The third-order valence-electron chi connectivity index (χ3n) is 3.20. The molecule has 4 nitrogen and oxygen atoms in total. The van der Waals surface area contributed by atoms with Crippen molar-refractivity contribution < 1.29 is 18.3 Å². The third kappa shape index (κ3) is 1.25. The molecule has 3 N–H and O–H groups in total. The molecule has 92 valence electrons. The second-order valence-electron chi connectivity index (χ2n) is 5.79. The van der Waals surface area contributed by atoms with Crippen LogP contribution in [0.1, 0.15) is 33.6 Å². The van der Waals surface area contributed by atoms with Gasteiger partial charge in [0, 0.05) is 12.8 Å². The second-order valence-corrected chi connectivity index (χ2v) is 5.79. The third-order valence-corrected chi connectivity index (χ3v) is 3.20. The highest BCUT2D eigenvalue weighted by atomic mass is 19.3. The number of alkyl carbamates (subject to hydrolysis) is 1. The summed E-state index contributed by atoms with van der Waals surface area (Å²) in [4.78, 5) is 11.4. The van der Waals surface area contributed by atoms with Crippen molar-refractivity contribution in [3.8, 4) is 0 Å². The molecule has 1 amide bonds. The molecule has 0 radical (unpaired) electrons. The molecule has 0 aromatic rings. The van der Waals surface area contributed by atoms with Crippen molar-refractivity contribution in [2.24, 2.45) is 5.73 Å². The highest BCUT2D eigenvalue weighted by Crippen LogP contribution is 2.68. The van der Waals surface area contributed by atoms with E-state index >= 15 is 0 Å². The van der Waals surface area contributed by atoms with Crippen LogP contribution in [0.4, 0.5) is 13.6 Å². The maximum Gasteiger partial charge on any atom is 0.408 e. The first-order valence-corrected chi connectivity index (χ1v) is 5.19. The summed E-state index contributed by atoms with van der Waals surface area (Å²) in [6, 6.07) is 0. The molecule has 0 aromatic heterocycles. The van der Waals surface area contributed by atoms with Gasteiger partial charge in [-0.25, -0.2) is 13.6 Å². The van der Waals surface area contributed by atoms with Crippen molar-refractivity contribution >= 4 is 6.09 Å². The van der Waals surface area contributed by atoms with Gasteiger partial charge in [0.15, 0.2) is 0 Å². The molecule has 0 heterocycles. The highest BCUT2D eigenvalue weighted by molar-refractivity contribution is 5.71. The second kappa shape index (κ2) is 2.67. The van der Waals surface area contributed by atoms with E-state index in [1.165, 1.54) is 0 Å². The SMILES string of the molecule is CC(C)(C)OC(=O)NC12CC(N)(C1)C2(F)F. The lowest BCUT2D eigenvalue weighted by Crippen LogP contribution is -2.96. The highest BCUT2D eigenvalue weighted by Gasteiger charge is 2.88. The minimum absolute atomic E-state index is 0.117. The maximum atomic E-state index is 13.4. The van der Waals surface area contributed by atoms with Crippen molar-refractivity contribution in [3.63, 3.8) is 0 Å². The van der Waals surface area contributed by atoms with E-state index in [0.29, 0.717) is 0 Å². The van der Waals surface area contributed by atoms with Gasteiger partial charge >= 0.3 is 6.09 Å². The first kappa shape index (κ1) is 11.6. The zero-order chi connectivity index (χ0) is 12.4. The van der Waals surface area contributed by atoms with Gasteiger partial charge in [0.05, 0.1) is 5.54 Å². The van der Waals surface area contributed by atoms with E-state index in [-0.39, 0.29) is 12.8 Å². The normalized spacial score (nSPS) is 39.4. The summed E-state index contributed by atoms with van der Waals surface area (Å²) in [7, 11) is 0. The predicted octanol–water partition coefficient (Wildman–Crippen LogP) is 1.39. The van der Waals surface area contributed by atoms with Crippen LogP contribution in [-0.2, 0) is 4.74 Å². The molecule has 3 fully saturated rings. The van der Waals surface area contributed by atoms with Gasteiger partial charge in [-0.3, -0.25) is 0 Å². The summed E-state index contributed by atoms with van der Waals surface area (Å²) in [6.07, 6.45) is -0.577. The summed E-state index contributed by atoms with van der Waals surface area (Å²) in [6.45, 7) is 5.03. The average Bonchev–Trinajstić information content (AvgIpc) is 1.98. The van der Waals surface area contributed by atoms with Crippen LogP contribution < -0.4 is 11.1 Å². The number of carbonyl (C=O) groups excluding carboxylic acids is 1. The van der Waals surface area contributed by atoms with Crippen molar-refractivity contribution in [1.82, 2.24) is 5.32 Å². The summed E-state index contributed by atoms with van der Waals surface area (Å²) < 4.78 is 31.8. The molecule has 3 aliphatic carbocycles. The molecule has 3 saturated carbocycles. The Morgan fingerprint density at radius 3 is 2.19 bits per heavy atom. The first-order chi connectivity index (χ1) is 7.02. The molecule has 0 spiro atoms. The maximum absolute atomic E-state index is 13.4. The Morgan fingerprint density at radius 1 is 1.38 bits per heavy atom. The average molecular weight is 234 g/mol. The van der Waals surface area contributed by atoms with Gasteiger partial charge in [-0.05, 0) is 20.8 Å². The van der Waals surface area contributed by atoms with E-state index in [2.05, 4.69) is 5.32 Å². The number of nitrogens with two attached hydrogens (primary N) is 1. The molecule has 0 aliphatic heterocycles. The van der Waals surface area contributed by atoms with E-state index < -0.39 is 28.7 Å². The Kier molecular flexibility index (Phi) is 1.93. The quantitative estimate of drug-likeness (QED) is 0.720. The lowest BCUT2D eigenvalue weighted by Gasteiger charge is -2.72. The largest absolute Gasteiger partial charge is 0.444 e. The smallest absolute Gasteiger partial charge is 0.408 e. The Bertz CT molecular complexity index is 343. The lowest BCUT2D eigenvalue weighted by molar-refractivity contribution is -0.318. The number of carbonyl (C=O) groups is 1. The number of amides is 1. The van der Waals surface area contributed by atoms with E-state index in [4.69, 9.17) is 10.5 Å². The number of rotatable bonds is 1. The van der Waals surface area contributed by atoms with Gasteiger partial charge in [0.2, 0.25) is 0 Å². The molecular formula is C10H16F2N2O2. The van der Waals surface area contributed by atoms with E-state index in [0.717, 1.165) is 0 Å². The fourth-order valence-corrected chi connectivity index (χ4v) is 2.40. The zero-order valence-electron chi connectivity index (χ0n) is 9.56. The summed E-state index contributed by atoms with van der Waals surface area (Å²) in [5.41, 5.74) is 1.84. The summed E-state index contributed by atoms with van der Waals surface area (Å²) >= 11 is 0. The summed E-state index contributed by atoms with van der Waals surface area (Å²) in [5, 5.41) is 2.24. The van der Waals surface area contributed by atoms with Crippen LogP contribution in [0.15, 0.2) is 0 Å². The lowest BCUT2D eigenvalue weighted by atomic mass is 9.41. The van der Waals surface area contributed by atoms with Gasteiger partial charge in [-0.2, -0.15) is 0 Å². The number of hydrogen-bond donors (Lipinski definition) is 2. The van der Waals surface area contributed by atoms with Crippen LogP contribution >= 0.6 is 0 Å². The van der Waals surface area contributed by atoms with E-state index in [1.54, 1.807) is 20.8 Å². The molecule has 3 rings (SSSR count). The Labute approximate surface area is 92.5 Å². The topological polar surface area (TPSA) is 64.3 Å². The molecule has 0 atom stereocenters. The number of hydrogen-bond acceptors (Lipinski definition) is 3. The van der Waals surface area contributed by atoms with Crippen molar-refractivity contribution in [2.75, 3.05) is 0 Å². The van der Waals surface area contributed by atoms with Crippen molar-refractivity contribution in [1.29, 1.82) is 0 Å². The Morgan fingerprint density at radius 2 is 1.88 bits per heavy atom. The van der Waals surface area contributed by atoms with Gasteiger partial charge in [-0.1, -0.05) is 0 Å². The molecule has 6 heteroatoms. The van der Waals surface area contributed by atoms with Gasteiger partial charge in [0.25, 0.3) is 5.92 Å². The van der Waals surface area contributed by atoms with Gasteiger partial charge in [-0.15, -0.1) is 0 Å². The molecule has 0 saturated heterocycles. The number of nitrogens with one attached hydrogen (secondary N) is 1. The van der Waals surface area contributed by atoms with Gasteiger partial charge in [0.1, 0.15) is 11.1 Å². The molecule has 16 heavy (non-hydrogen) atoms. The standard InChI is InChI=1S/C10H16F2N2O2/c1-7(2,3)16-6(15)14-9-4-8(13,5-9)10(9,11)12/h4-5,13H2,1-3H3,(H,14,15). The summed E-state index contributed by atoms with van der Waals surface area (Å²) in [5.74, 6) is -3.02. The Hall–Kier alpha value is -0.910. The van der Waals surface area contributed by atoms with Gasteiger partial charge < -0.3 is 15.8 Å². The van der Waals surface area contributed by atoms with Crippen LogP contribution in [0.25, 0.3) is 0 Å². The number of alkyl halides is 2. The Balaban J connectivity index is 1.96. The molecule has 0 unspecified atom stereocenters. The molecule has 0 aromatic carbocycles. The first-order valence-electron chi connectivity index (χ1n) is 5.19. The number of halogens is 2. The number of ether oxygens (including phenoxy) is 1. The fourth-order valence-electron chi connectivity index (χ4n) is 2.40. The van der Waals surface area contributed by atoms with Crippen LogP contribution in [0.2, 0.25) is 0 Å². The van der Waals surface area contributed by atoms with E-state index in [9.17, 15) is 13.6 Å². The van der Waals surface area contributed by atoms with Crippen molar-refractivity contribution in [2.45, 2.75) is 56.2 Å². The minimum atomic E-state index is -3.02. The monoisotopic (exact) mass is 234 g/mol. The van der Waals surface area contributed by atoms with Crippen LogP contribution in [0.3, 0.4) is 0 Å². The zero-order valence-corrected chi connectivity index (χ0v) is 9.56. The molecule has 2 bridgehead atoms. The van der Waals surface area contributed by atoms with Crippen LogP contribution in [-0.4, -0.2) is 28.7 Å². The fraction of sp³-hybridized carbons (Fsp3) is 0.900. The predicted molar refractivity (Wildman–Crippen MR) is 53.2 cm³/mol. The molecule has 3 aliphatic rings. The molecular weight excluding hydrogens is 218 g/mol.